The van der Waals surface area contributed by atoms with E-state index in [4.69, 9.17) is 13.9 Å². The largest absolute Gasteiger partial charge is 0.491 e. The number of carbonyl (C=O) groups is 1. The van der Waals surface area contributed by atoms with Gasteiger partial charge in [-0.25, -0.2) is 4.79 Å². The van der Waals surface area contributed by atoms with Crippen LogP contribution in [0.1, 0.15) is 41.5 Å². The molecule has 0 saturated heterocycles. The summed E-state index contributed by atoms with van der Waals surface area (Å²) in [7, 11) is -0.302. The molecule has 28 heavy (non-hydrogen) atoms. The first-order valence-corrected chi connectivity index (χ1v) is 13.3. The molecule has 7 heteroatoms. The average Bonchev–Trinajstić information content (AvgIpc) is 2.49. The maximum atomic E-state index is 12.4. The molecule has 0 radical (unpaired) electrons. The number of hydrogen-bond donors (Lipinski definition) is 0. The normalized spacial score (nSPS) is 13.8. The maximum absolute atomic E-state index is 12.4. The van der Waals surface area contributed by atoms with Crippen LogP contribution >= 0.6 is 15.9 Å². The zero-order valence-electron chi connectivity index (χ0n) is 18.8. The van der Waals surface area contributed by atoms with Crippen molar-refractivity contribution in [3.63, 3.8) is 0 Å². The van der Waals surface area contributed by atoms with E-state index >= 15 is 0 Å². The van der Waals surface area contributed by atoms with Crippen LogP contribution < -0.4 is 4.74 Å². The van der Waals surface area contributed by atoms with Gasteiger partial charge >= 0.3 is 6.09 Å². The number of halogens is 1. The fourth-order valence-electron chi connectivity index (χ4n) is 2.18. The van der Waals surface area contributed by atoms with Crippen molar-refractivity contribution in [2.24, 2.45) is 0 Å². The van der Waals surface area contributed by atoms with Crippen molar-refractivity contribution in [1.82, 2.24) is 4.90 Å². The molecule has 160 valence electrons. The Morgan fingerprint density at radius 2 is 1.79 bits per heavy atom. The molecule has 0 aliphatic heterocycles. The fraction of sp³-hybridized carbons (Fsp3) is 0.667. The average molecular weight is 475 g/mol. The van der Waals surface area contributed by atoms with Crippen molar-refractivity contribution < 1.29 is 18.7 Å². The Morgan fingerprint density at radius 1 is 1.18 bits per heavy atom. The number of benzene rings is 1. The summed E-state index contributed by atoms with van der Waals surface area (Å²) in [6.45, 7) is 17.3. The van der Waals surface area contributed by atoms with E-state index in [1.54, 1.807) is 11.9 Å². The number of ether oxygens (including phenoxy) is 2. The highest BCUT2D eigenvalue weighted by atomic mass is 79.9. The number of hydrogen-bond acceptors (Lipinski definition) is 4. The first-order chi connectivity index (χ1) is 12.6. The molecule has 1 atom stereocenters. The number of likely N-dealkylation sites (N-methyl/N-ethyl adjacent to an activating group) is 1. The van der Waals surface area contributed by atoms with E-state index in [-0.39, 0.29) is 17.2 Å². The summed E-state index contributed by atoms with van der Waals surface area (Å²) in [6.07, 6.45) is -0.615. The maximum Gasteiger partial charge on any atom is 0.410 e. The van der Waals surface area contributed by atoms with Crippen LogP contribution in [0.15, 0.2) is 28.7 Å². The first-order valence-electron chi connectivity index (χ1n) is 9.61. The molecule has 5 nitrogen and oxygen atoms in total. The third-order valence-corrected chi connectivity index (χ3v) is 9.71. The molecule has 1 amide bonds. The van der Waals surface area contributed by atoms with Crippen LogP contribution in [0.25, 0.3) is 0 Å². The van der Waals surface area contributed by atoms with Gasteiger partial charge in [-0.1, -0.05) is 42.8 Å². The predicted molar refractivity (Wildman–Crippen MR) is 121 cm³/mol. The summed E-state index contributed by atoms with van der Waals surface area (Å²) >= 11 is 3.46. The van der Waals surface area contributed by atoms with Crippen molar-refractivity contribution >= 4 is 30.3 Å². The lowest BCUT2D eigenvalue weighted by Crippen LogP contribution is -2.49. The Kier molecular flexibility index (Phi) is 8.59. The van der Waals surface area contributed by atoms with E-state index in [2.05, 4.69) is 49.8 Å². The molecule has 1 rings (SSSR count). The zero-order chi connectivity index (χ0) is 21.8. The smallest absolute Gasteiger partial charge is 0.410 e. The second kappa shape index (κ2) is 9.63. The van der Waals surface area contributed by atoms with E-state index in [0.717, 1.165) is 10.2 Å². The number of rotatable bonds is 7. The van der Waals surface area contributed by atoms with Gasteiger partial charge in [-0.15, -0.1) is 0 Å². The summed E-state index contributed by atoms with van der Waals surface area (Å²) in [5, 5.41) is 0.0610. The first kappa shape index (κ1) is 25.0. The lowest BCUT2D eigenvalue weighted by atomic mass is 10.2. The van der Waals surface area contributed by atoms with Crippen LogP contribution in [-0.4, -0.2) is 51.2 Å². The zero-order valence-corrected chi connectivity index (χ0v) is 21.3. The van der Waals surface area contributed by atoms with Gasteiger partial charge in [0.25, 0.3) is 0 Å². The van der Waals surface area contributed by atoms with Crippen molar-refractivity contribution in [2.45, 2.75) is 71.4 Å². The van der Waals surface area contributed by atoms with Crippen LogP contribution in [0.5, 0.6) is 5.75 Å². The van der Waals surface area contributed by atoms with Crippen molar-refractivity contribution in [1.29, 1.82) is 0 Å². The Balaban J connectivity index is 2.89. The molecule has 0 unspecified atom stereocenters. The minimum atomic E-state index is -2.03. The molecule has 1 aromatic carbocycles. The SMILES string of the molecule is CN(C[C@@H](COc1cccc(Br)c1)O[Si](C)(C)C(C)(C)C)C(=O)OC(C)(C)C. The summed E-state index contributed by atoms with van der Waals surface area (Å²) in [5.74, 6) is 0.762. The van der Waals surface area contributed by atoms with E-state index in [1.807, 2.05) is 45.0 Å². The molecule has 0 aliphatic carbocycles. The van der Waals surface area contributed by atoms with Crippen LogP contribution in [-0.2, 0) is 9.16 Å². The molecular formula is C21H36BrNO4Si. The van der Waals surface area contributed by atoms with Gasteiger partial charge in [-0.05, 0) is 57.1 Å². The highest BCUT2D eigenvalue weighted by Gasteiger charge is 2.40. The number of amides is 1. The lowest BCUT2D eigenvalue weighted by Gasteiger charge is -2.40. The van der Waals surface area contributed by atoms with Gasteiger partial charge in [0.15, 0.2) is 8.32 Å². The monoisotopic (exact) mass is 473 g/mol. The Bertz CT molecular complexity index is 653. The van der Waals surface area contributed by atoms with Crippen LogP contribution in [0.4, 0.5) is 4.79 Å². The predicted octanol–water partition coefficient (Wildman–Crippen LogP) is 6.09. The van der Waals surface area contributed by atoms with Gasteiger partial charge in [0.2, 0.25) is 0 Å². The Labute approximate surface area is 180 Å². The summed E-state index contributed by atoms with van der Waals surface area (Å²) in [4.78, 5) is 14.0. The summed E-state index contributed by atoms with van der Waals surface area (Å²) < 4.78 is 19.0. The van der Waals surface area contributed by atoms with Crippen molar-refractivity contribution in [2.75, 3.05) is 20.2 Å². The molecular weight excluding hydrogens is 438 g/mol. The van der Waals surface area contributed by atoms with Gasteiger partial charge in [0.05, 0.1) is 12.6 Å². The van der Waals surface area contributed by atoms with E-state index in [1.165, 1.54) is 0 Å². The summed E-state index contributed by atoms with van der Waals surface area (Å²) in [6, 6.07) is 7.70. The van der Waals surface area contributed by atoms with Crippen LogP contribution in [0.2, 0.25) is 18.1 Å². The molecule has 0 saturated carbocycles. The molecule has 0 fully saturated rings. The van der Waals surface area contributed by atoms with Crippen molar-refractivity contribution in [3.8, 4) is 5.75 Å². The molecule has 0 aliphatic rings. The molecule has 0 bridgehead atoms. The van der Waals surface area contributed by atoms with Crippen LogP contribution in [0, 0.1) is 0 Å². The van der Waals surface area contributed by atoms with E-state index in [0.29, 0.717) is 13.2 Å². The fourth-order valence-corrected chi connectivity index (χ4v) is 3.89. The minimum absolute atomic E-state index is 0.0610. The Hall–Kier alpha value is -1.05. The van der Waals surface area contributed by atoms with Gasteiger partial charge in [-0.2, -0.15) is 0 Å². The minimum Gasteiger partial charge on any atom is -0.491 e. The Morgan fingerprint density at radius 3 is 2.29 bits per heavy atom. The molecule has 0 N–H and O–H groups in total. The van der Waals surface area contributed by atoms with Gasteiger partial charge in [-0.3, -0.25) is 0 Å². The van der Waals surface area contributed by atoms with E-state index in [9.17, 15) is 4.79 Å². The van der Waals surface area contributed by atoms with Crippen molar-refractivity contribution in [3.05, 3.63) is 28.7 Å². The standard InChI is InChI=1S/C21H36BrNO4Si/c1-20(2,3)26-19(24)23(7)14-18(27-28(8,9)21(4,5)6)15-25-17-12-10-11-16(22)13-17/h10-13,18H,14-15H2,1-9H3/t18-/m0/s1. The highest BCUT2D eigenvalue weighted by Crippen LogP contribution is 2.37. The van der Waals surface area contributed by atoms with E-state index < -0.39 is 13.9 Å². The van der Waals surface area contributed by atoms with Gasteiger partial charge in [0, 0.05) is 11.5 Å². The highest BCUT2D eigenvalue weighted by molar-refractivity contribution is 9.10. The molecule has 0 aromatic heterocycles. The number of nitrogens with zero attached hydrogens (tertiary/aromatic N) is 1. The van der Waals surface area contributed by atoms with Gasteiger partial charge in [0.1, 0.15) is 18.0 Å². The van der Waals surface area contributed by atoms with Crippen LogP contribution in [0.3, 0.4) is 0 Å². The molecule has 1 aromatic rings. The second-order valence-corrected chi connectivity index (χ2v) is 15.3. The lowest BCUT2D eigenvalue weighted by molar-refractivity contribution is 0.0172. The third kappa shape index (κ3) is 8.53. The molecule has 0 spiro atoms. The van der Waals surface area contributed by atoms with Gasteiger partial charge < -0.3 is 18.8 Å². The third-order valence-electron chi connectivity index (χ3n) is 4.68. The molecule has 0 heterocycles. The number of carbonyl (C=O) groups excluding carboxylic acids is 1. The quantitative estimate of drug-likeness (QED) is 0.449. The topological polar surface area (TPSA) is 48.0 Å². The summed E-state index contributed by atoms with van der Waals surface area (Å²) in [5.41, 5.74) is -0.534. The second-order valence-electron chi connectivity index (χ2n) is 9.63.